The van der Waals surface area contributed by atoms with Crippen molar-refractivity contribution in [1.29, 1.82) is 0 Å². The first-order valence-corrected chi connectivity index (χ1v) is 13.4. The van der Waals surface area contributed by atoms with Gasteiger partial charge in [0.1, 0.15) is 12.3 Å². The maximum absolute atomic E-state index is 13.6. The molecule has 4 aliphatic rings. The number of quaternary nitrogens is 1. The van der Waals surface area contributed by atoms with E-state index in [2.05, 4.69) is 10.5 Å². The standard InChI is InChI=1S/C25H33N3O5S/c1-17-13-22(27-33-17)26-23(29)15-28-10-7-18(8-11-28)21(14-28)32-24(30)25(31,20-9-12-34-16-20)19-5-3-2-4-6-19/h9,12-13,16,18-19,21,31H,2-8,10-11,14-15H2,1H3/p+1/t18?,21?,25-,28?/m1/s1. The normalized spacial score (nSPS) is 28.9. The van der Waals surface area contributed by atoms with Crippen molar-refractivity contribution in [3.05, 3.63) is 34.2 Å². The van der Waals surface area contributed by atoms with Crippen LogP contribution in [0.15, 0.2) is 27.4 Å². The predicted octanol–water partition coefficient (Wildman–Crippen LogP) is 3.60. The lowest BCUT2D eigenvalue weighted by atomic mass is 9.74. The molecule has 3 saturated heterocycles. The Hall–Kier alpha value is -2.23. The van der Waals surface area contributed by atoms with Crippen molar-refractivity contribution in [3.63, 3.8) is 0 Å². The van der Waals surface area contributed by atoms with E-state index < -0.39 is 11.6 Å². The first-order valence-electron chi connectivity index (χ1n) is 12.4. The van der Waals surface area contributed by atoms with Crippen molar-refractivity contribution in [1.82, 2.24) is 5.16 Å². The summed E-state index contributed by atoms with van der Waals surface area (Å²) in [6.45, 7) is 4.47. The average molecular weight is 489 g/mol. The summed E-state index contributed by atoms with van der Waals surface area (Å²) in [5.41, 5.74) is -0.943. The van der Waals surface area contributed by atoms with Crippen molar-refractivity contribution < 1.29 is 28.4 Å². The van der Waals surface area contributed by atoms with Gasteiger partial charge in [0.25, 0.3) is 5.91 Å². The van der Waals surface area contributed by atoms with Gasteiger partial charge >= 0.3 is 5.97 Å². The number of hydrogen-bond donors (Lipinski definition) is 2. The molecule has 8 nitrogen and oxygen atoms in total. The number of fused-ring (bicyclic) bond motifs is 3. The Bertz CT molecular complexity index is 1010. The van der Waals surface area contributed by atoms with E-state index in [1.54, 1.807) is 13.0 Å². The van der Waals surface area contributed by atoms with Crippen molar-refractivity contribution in [2.45, 2.75) is 63.6 Å². The average Bonchev–Trinajstić information content (AvgIpc) is 3.52. The molecule has 4 fully saturated rings. The number of thiophene rings is 1. The van der Waals surface area contributed by atoms with Gasteiger partial charge in [0.05, 0.1) is 13.1 Å². The Morgan fingerprint density at radius 2 is 2.03 bits per heavy atom. The summed E-state index contributed by atoms with van der Waals surface area (Å²) in [4.78, 5) is 26.4. The van der Waals surface area contributed by atoms with E-state index in [1.165, 1.54) is 11.3 Å². The quantitative estimate of drug-likeness (QED) is 0.456. The number of ether oxygens (including phenoxy) is 1. The molecule has 2 atom stereocenters. The highest BCUT2D eigenvalue weighted by atomic mass is 32.1. The van der Waals surface area contributed by atoms with Gasteiger partial charge in [-0.1, -0.05) is 24.4 Å². The zero-order chi connectivity index (χ0) is 23.8. The van der Waals surface area contributed by atoms with Crippen molar-refractivity contribution >= 4 is 29.0 Å². The molecule has 6 rings (SSSR count). The highest BCUT2D eigenvalue weighted by Gasteiger charge is 2.53. The molecule has 2 aromatic rings. The first kappa shape index (κ1) is 23.5. The number of piperidine rings is 3. The summed E-state index contributed by atoms with van der Waals surface area (Å²) >= 11 is 1.49. The van der Waals surface area contributed by atoms with Gasteiger partial charge in [0.2, 0.25) is 0 Å². The first-order chi connectivity index (χ1) is 16.4. The van der Waals surface area contributed by atoms with Crippen LogP contribution >= 0.6 is 11.3 Å². The van der Waals surface area contributed by atoms with Crippen LogP contribution in [0.1, 0.15) is 56.3 Å². The number of anilines is 1. The van der Waals surface area contributed by atoms with Crippen molar-refractivity contribution in [2.24, 2.45) is 11.8 Å². The largest absolute Gasteiger partial charge is 0.454 e. The molecule has 184 valence electrons. The Morgan fingerprint density at radius 1 is 1.26 bits per heavy atom. The molecular formula is C25H34N3O5S+. The summed E-state index contributed by atoms with van der Waals surface area (Å²) in [5, 5.41) is 22.2. The van der Waals surface area contributed by atoms with Crippen LogP contribution in [0.4, 0.5) is 5.82 Å². The Labute approximate surface area is 203 Å². The van der Waals surface area contributed by atoms with Crippen LogP contribution in [0.25, 0.3) is 0 Å². The van der Waals surface area contributed by atoms with Gasteiger partial charge in [-0.05, 0) is 36.6 Å². The van der Waals surface area contributed by atoms with Gasteiger partial charge in [0.15, 0.2) is 24.1 Å². The monoisotopic (exact) mass is 488 g/mol. The van der Waals surface area contributed by atoms with E-state index in [1.807, 2.05) is 16.8 Å². The molecule has 1 unspecified atom stereocenters. The smallest absolute Gasteiger partial charge is 0.343 e. The minimum absolute atomic E-state index is 0.115. The van der Waals surface area contributed by atoms with Crippen LogP contribution in [-0.2, 0) is 19.9 Å². The molecule has 34 heavy (non-hydrogen) atoms. The second-order valence-corrected chi connectivity index (χ2v) is 11.2. The van der Waals surface area contributed by atoms with E-state index in [4.69, 9.17) is 9.26 Å². The molecule has 2 aromatic heterocycles. The number of amides is 1. The van der Waals surface area contributed by atoms with E-state index in [0.717, 1.165) is 58.0 Å². The number of aromatic nitrogens is 1. The number of carbonyl (C=O) groups is 2. The Balaban J connectivity index is 1.29. The maximum Gasteiger partial charge on any atom is 0.343 e. The number of esters is 1. The lowest BCUT2D eigenvalue weighted by Crippen LogP contribution is -2.66. The van der Waals surface area contributed by atoms with Gasteiger partial charge < -0.3 is 24.2 Å². The number of carbonyl (C=O) groups excluding carboxylic acids is 2. The predicted molar refractivity (Wildman–Crippen MR) is 127 cm³/mol. The molecule has 0 spiro atoms. The van der Waals surface area contributed by atoms with Crippen molar-refractivity contribution in [2.75, 3.05) is 31.5 Å². The van der Waals surface area contributed by atoms with Crippen LogP contribution in [0, 0.1) is 18.8 Å². The fraction of sp³-hybridized carbons (Fsp3) is 0.640. The molecule has 0 aromatic carbocycles. The summed E-state index contributed by atoms with van der Waals surface area (Å²) in [6.07, 6.45) is 6.39. The van der Waals surface area contributed by atoms with Crippen LogP contribution in [-0.4, -0.2) is 58.9 Å². The summed E-state index contributed by atoms with van der Waals surface area (Å²) in [5.74, 6) is 0.591. The molecule has 9 heteroatoms. The number of aliphatic hydroxyl groups is 1. The Morgan fingerprint density at radius 3 is 2.68 bits per heavy atom. The van der Waals surface area contributed by atoms with Crippen molar-refractivity contribution in [3.8, 4) is 0 Å². The molecule has 1 aliphatic carbocycles. The molecule has 3 aliphatic heterocycles. The molecule has 0 radical (unpaired) electrons. The highest BCUT2D eigenvalue weighted by Crippen LogP contribution is 2.43. The minimum atomic E-state index is -1.60. The molecular weight excluding hydrogens is 454 g/mol. The summed E-state index contributed by atoms with van der Waals surface area (Å²) in [7, 11) is 0. The van der Waals surface area contributed by atoms with Crippen LogP contribution in [0.3, 0.4) is 0 Å². The topological polar surface area (TPSA) is 102 Å². The number of rotatable bonds is 7. The van der Waals surface area contributed by atoms with E-state index in [-0.39, 0.29) is 23.8 Å². The van der Waals surface area contributed by atoms with Gasteiger partial charge in [0, 0.05) is 36.3 Å². The Kier molecular flexibility index (Phi) is 6.52. The van der Waals surface area contributed by atoms with Gasteiger partial charge in [-0.3, -0.25) is 4.79 Å². The van der Waals surface area contributed by atoms with E-state index in [9.17, 15) is 14.7 Å². The lowest BCUT2D eigenvalue weighted by Gasteiger charge is -2.52. The third-order valence-electron chi connectivity index (χ3n) is 8.14. The fourth-order valence-electron chi connectivity index (χ4n) is 6.24. The van der Waals surface area contributed by atoms with Crippen LogP contribution < -0.4 is 5.32 Å². The van der Waals surface area contributed by atoms with Gasteiger partial charge in [-0.2, -0.15) is 11.3 Å². The lowest BCUT2D eigenvalue weighted by molar-refractivity contribution is -0.939. The molecule has 5 heterocycles. The number of nitrogens with one attached hydrogen (secondary N) is 1. The summed E-state index contributed by atoms with van der Waals surface area (Å²) < 4.78 is 11.8. The van der Waals surface area contributed by atoms with E-state index >= 15 is 0 Å². The molecule has 2 N–H and O–H groups in total. The molecule has 2 bridgehead atoms. The van der Waals surface area contributed by atoms with Gasteiger partial charge in [-0.15, -0.1) is 0 Å². The zero-order valence-corrected chi connectivity index (χ0v) is 20.5. The molecule has 1 saturated carbocycles. The van der Waals surface area contributed by atoms with E-state index in [0.29, 0.717) is 34.7 Å². The second-order valence-electron chi connectivity index (χ2n) is 10.4. The van der Waals surface area contributed by atoms with Gasteiger partial charge in [-0.25, -0.2) is 4.79 Å². The summed E-state index contributed by atoms with van der Waals surface area (Å²) in [6, 6.07) is 3.54. The molecule has 1 amide bonds. The van der Waals surface area contributed by atoms with Crippen LogP contribution in [0.5, 0.6) is 0 Å². The third-order valence-corrected chi connectivity index (χ3v) is 8.83. The number of aryl methyl sites for hydroxylation is 1. The number of hydrogen-bond acceptors (Lipinski definition) is 7. The van der Waals surface area contributed by atoms with Crippen LogP contribution in [0.2, 0.25) is 0 Å². The SMILES string of the molecule is Cc1cc(NC(=O)C[N+]23CCC(CC2)C(OC(=O)[C@](O)(c2ccsc2)C2CCCCC2)C3)no1. The third kappa shape index (κ3) is 4.53. The minimum Gasteiger partial charge on any atom is -0.454 e. The highest BCUT2D eigenvalue weighted by molar-refractivity contribution is 7.08. The maximum atomic E-state index is 13.6. The zero-order valence-electron chi connectivity index (χ0n) is 19.7. The number of nitrogens with zero attached hydrogens (tertiary/aromatic N) is 2. The fourth-order valence-corrected chi connectivity index (χ4v) is 6.95. The second kappa shape index (κ2) is 9.43.